The molecule has 1 fully saturated rings. The van der Waals surface area contributed by atoms with Crippen LogP contribution in [0, 0.1) is 18.3 Å². The van der Waals surface area contributed by atoms with Gasteiger partial charge in [-0.3, -0.25) is 19.0 Å². The molecule has 3 heterocycles. The van der Waals surface area contributed by atoms with Gasteiger partial charge < -0.3 is 14.5 Å². The Hall–Kier alpha value is -4.79. The maximum Gasteiger partial charge on any atom is 0.387 e. The van der Waals surface area contributed by atoms with Gasteiger partial charge in [-0.1, -0.05) is 23.8 Å². The van der Waals surface area contributed by atoms with Crippen LogP contribution in [0.25, 0.3) is 22.0 Å². The van der Waals surface area contributed by atoms with Gasteiger partial charge in [-0.05, 0) is 37.6 Å². The molecule has 1 aliphatic rings. The van der Waals surface area contributed by atoms with E-state index >= 15 is 0 Å². The van der Waals surface area contributed by atoms with Gasteiger partial charge in [-0.15, -0.1) is 0 Å². The minimum Gasteiger partial charge on any atom is -0.434 e. The quantitative estimate of drug-likeness (QED) is 0.338. The van der Waals surface area contributed by atoms with Crippen LogP contribution in [0.2, 0.25) is 0 Å². The number of rotatable bonds is 7. The number of fused-ring (bicyclic) bond motifs is 1. The summed E-state index contributed by atoms with van der Waals surface area (Å²) in [5.41, 5.74) is 3.37. The molecule has 0 unspecified atom stereocenters. The zero-order valence-electron chi connectivity index (χ0n) is 22.9. The van der Waals surface area contributed by atoms with Crippen LogP contribution in [0.1, 0.15) is 24.5 Å². The summed E-state index contributed by atoms with van der Waals surface area (Å²) in [6, 6.07) is 12.2. The highest BCUT2D eigenvalue weighted by Crippen LogP contribution is 2.27. The van der Waals surface area contributed by atoms with Crippen LogP contribution in [0.3, 0.4) is 0 Å². The second-order valence-corrected chi connectivity index (χ2v) is 10.1. The third-order valence-electron chi connectivity index (χ3n) is 7.35. The molecular weight excluding hydrogens is 532 g/mol. The van der Waals surface area contributed by atoms with Gasteiger partial charge in [0.1, 0.15) is 12.2 Å². The maximum atomic E-state index is 13.0. The maximum absolute atomic E-state index is 13.0. The molecule has 212 valence electrons. The number of piperazine rings is 1. The first-order valence-electron chi connectivity index (χ1n) is 13.1. The van der Waals surface area contributed by atoms with Crippen LogP contribution in [0.4, 0.5) is 14.7 Å². The number of anilines is 1. The molecule has 12 heteroatoms. The van der Waals surface area contributed by atoms with Crippen molar-refractivity contribution in [1.82, 2.24) is 24.2 Å². The average molecular weight is 562 g/mol. The Balaban J connectivity index is 1.41. The van der Waals surface area contributed by atoms with E-state index in [0.29, 0.717) is 42.0 Å². The molecule has 0 N–H and O–H groups in total. The molecule has 0 aliphatic carbocycles. The van der Waals surface area contributed by atoms with E-state index in [1.807, 2.05) is 36.9 Å². The van der Waals surface area contributed by atoms with Crippen LogP contribution in [0.5, 0.6) is 5.75 Å². The van der Waals surface area contributed by atoms with Crippen molar-refractivity contribution in [3.05, 3.63) is 70.3 Å². The molecule has 41 heavy (non-hydrogen) atoms. The number of benzene rings is 2. The molecule has 10 nitrogen and oxygen atoms in total. The minimum absolute atomic E-state index is 0.0598. The zero-order valence-corrected chi connectivity index (χ0v) is 22.9. The zero-order chi connectivity index (χ0) is 29.3. The number of carbonyl (C=O) groups excluding carboxylic acids is 1. The summed E-state index contributed by atoms with van der Waals surface area (Å²) in [6.07, 6.45) is 3.29. The number of nitriles is 1. The summed E-state index contributed by atoms with van der Waals surface area (Å²) in [5.74, 6) is 0.423. The molecule has 1 saturated heterocycles. The minimum atomic E-state index is -2.96. The molecule has 0 saturated carbocycles. The van der Waals surface area contributed by atoms with Gasteiger partial charge in [0.05, 0.1) is 23.5 Å². The fourth-order valence-corrected chi connectivity index (χ4v) is 5.26. The Kier molecular flexibility index (Phi) is 7.70. The van der Waals surface area contributed by atoms with E-state index in [1.54, 1.807) is 47.2 Å². The second kappa shape index (κ2) is 11.4. The van der Waals surface area contributed by atoms with Gasteiger partial charge in [-0.2, -0.15) is 14.0 Å². The standard InChI is InChI=1S/C29H29F2N7O3/c1-18-4-7-25(41-28(30)31)21(12-18)17-38-24-13-20(5-6-23(24)27(40)35(38)3)22-14-33-29(34-15-22)36-10-11-37(19(2)16-36)26(39)8-9-32/h4-7,12-15,19,28H,8,10-11,16-17H2,1-3H3/t19-/m0/s1. The molecule has 0 bridgehead atoms. The van der Waals surface area contributed by atoms with Crippen molar-refractivity contribution >= 4 is 22.8 Å². The van der Waals surface area contributed by atoms with E-state index in [9.17, 15) is 18.4 Å². The van der Waals surface area contributed by atoms with Crippen molar-refractivity contribution in [2.24, 2.45) is 7.05 Å². The number of hydrogen-bond acceptors (Lipinski definition) is 7. The lowest BCUT2D eigenvalue weighted by molar-refractivity contribution is -0.132. The Labute approximate surface area is 235 Å². The Morgan fingerprint density at radius 2 is 1.90 bits per heavy atom. The van der Waals surface area contributed by atoms with Crippen molar-refractivity contribution in [1.29, 1.82) is 5.26 Å². The van der Waals surface area contributed by atoms with Crippen LogP contribution in [0.15, 0.2) is 53.6 Å². The largest absolute Gasteiger partial charge is 0.434 e. The third-order valence-corrected chi connectivity index (χ3v) is 7.35. The number of ether oxygens (including phenoxy) is 1. The monoisotopic (exact) mass is 561 g/mol. The lowest BCUT2D eigenvalue weighted by Gasteiger charge is -2.39. The number of hydrogen-bond donors (Lipinski definition) is 0. The molecule has 2 aromatic carbocycles. The Morgan fingerprint density at radius 3 is 2.59 bits per heavy atom. The van der Waals surface area contributed by atoms with Crippen LogP contribution in [-0.4, -0.2) is 62.4 Å². The molecule has 5 rings (SSSR count). The SMILES string of the molecule is Cc1ccc(OC(F)F)c(Cn2c3cc(-c4cnc(N5CCN(C(=O)CC#N)[C@@H](C)C5)nc4)ccc3c(=O)n2C)c1. The van der Waals surface area contributed by atoms with Crippen LogP contribution in [-0.2, 0) is 18.4 Å². The number of amides is 1. The molecule has 1 aliphatic heterocycles. The predicted molar refractivity (Wildman–Crippen MR) is 149 cm³/mol. The number of aryl methyl sites for hydroxylation is 1. The van der Waals surface area contributed by atoms with E-state index in [0.717, 1.165) is 16.7 Å². The van der Waals surface area contributed by atoms with E-state index in [2.05, 4.69) is 9.97 Å². The topological polar surface area (TPSA) is 109 Å². The van der Waals surface area contributed by atoms with E-state index < -0.39 is 6.61 Å². The van der Waals surface area contributed by atoms with Crippen molar-refractivity contribution in [2.45, 2.75) is 39.5 Å². The fourth-order valence-electron chi connectivity index (χ4n) is 5.26. The van der Waals surface area contributed by atoms with Crippen LogP contribution < -0.4 is 15.2 Å². The second-order valence-electron chi connectivity index (χ2n) is 10.1. The number of carbonyl (C=O) groups is 1. The van der Waals surface area contributed by atoms with Gasteiger partial charge in [-0.25, -0.2) is 9.97 Å². The summed E-state index contributed by atoms with van der Waals surface area (Å²) in [5, 5.41) is 9.33. The highest BCUT2D eigenvalue weighted by atomic mass is 19.3. The Morgan fingerprint density at radius 1 is 1.15 bits per heavy atom. The summed E-state index contributed by atoms with van der Waals surface area (Å²) >= 11 is 0. The number of alkyl halides is 2. The summed E-state index contributed by atoms with van der Waals surface area (Å²) in [6.45, 7) is 2.57. The van der Waals surface area contributed by atoms with E-state index in [4.69, 9.17) is 10.00 Å². The van der Waals surface area contributed by atoms with Crippen molar-refractivity contribution < 1.29 is 18.3 Å². The Bertz CT molecular complexity index is 1690. The molecule has 0 radical (unpaired) electrons. The van der Waals surface area contributed by atoms with Gasteiger partial charge in [0.25, 0.3) is 5.56 Å². The fraction of sp³-hybridized carbons (Fsp3) is 0.345. The number of aromatic nitrogens is 4. The molecule has 0 spiro atoms. The lowest BCUT2D eigenvalue weighted by Crippen LogP contribution is -2.54. The first kappa shape index (κ1) is 27.8. The lowest BCUT2D eigenvalue weighted by atomic mass is 10.1. The summed E-state index contributed by atoms with van der Waals surface area (Å²) in [4.78, 5) is 38.0. The number of halogens is 2. The van der Waals surface area contributed by atoms with Crippen molar-refractivity contribution in [3.8, 4) is 22.9 Å². The van der Waals surface area contributed by atoms with Crippen LogP contribution >= 0.6 is 0 Å². The first-order valence-corrected chi connectivity index (χ1v) is 13.1. The highest BCUT2D eigenvalue weighted by molar-refractivity contribution is 5.84. The molecule has 4 aromatic rings. The predicted octanol–water partition coefficient (Wildman–Crippen LogP) is 3.71. The normalized spacial score (nSPS) is 15.4. The molecule has 1 amide bonds. The summed E-state index contributed by atoms with van der Waals surface area (Å²) < 4.78 is 34.0. The molecule has 1 atom stereocenters. The van der Waals surface area contributed by atoms with E-state index in [1.165, 1.54) is 10.7 Å². The van der Waals surface area contributed by atoms with E-state index in [-0.39, 0.29) is 36.2 Å². The van der Waals surface area contributed by atoms with Gasteiger partial charge in [0, 0.05) is 56.2 Å². The van der Waals surface area contributed by atoms with Crippen molar-refractivity contribution in [3.63, 3.8) is 0 Å². The highest BCUT2D eigenvalue weighted by Gasteiger charge is 2.28. The molecular formula is C29H29F2N7O3. The third kappa shape index (κ3) is 5.61. The van der Waals surface area contributed by atoms with Gasteiger partial charge in [0.2, 0.25) is 11.9 Å². The van der Waals surface area contributed by atoms with Gasteiger partial charge >= 0.3 is 6.61 Å². The van der Waals surface area contributed by atoms with Gasteiger partial charge in [0.15, 0.2) is 0 Å². The smallest absolute Gasteiger partial charge is 0.387 e. The van der Waals surface area contributed by atoms with Crippen molar-refractivity contribution in [2.75, 3.05) is 24.5 Å². The first-order chi connectivity index (χ1) is 19.7. The number of nitrogens with zero attached hydrogens (tertiary/aromatic N) is 7. The molecule has 2 aromatic heterocycles. The average Bonchev–Trinajstić information content (AvgIpc) is 3.18. The summed E-state index contributed by atoms with van der Waals surface area (Å²) in [7, 11) is 1.64.